The molecule has 0 aliphatic heterocycles. The fourth-order valence-corrected chi connectivity index (χ4v) is 1.68. The van der Waals surface area contributed by atoms with Gasteiger partial charge in [-0.2, -0.15) is 0 Å². The zero-order chi connectivity index (χ0) is 14.2. The standard InChI is InChI=1S/C14H17N3O3/c18-13(9-17-7-6-15-11-17)8-16-14(19)20-10-12-4-2-1-3-5-12/h1-7,11,13,18H,8-10H2,(H,16,19). The van der Waals surface area contributed by atoms with Crippen LogP contribution in [0.2, 0.25) is 0 Å². The minimum atomic E-state index is -0.687. The van der Waals surface area contributed by atoms with E-state index in [9.17, 15) is 9.90 Å². The molecule has 0 aliphatic carbocycles. The van der Waals surface area contributed by atoms with Gasteiger partial charge in [0.05, 0.1) is 19.0 Å². The number of alkyl carbamates (subject to hydrolysis) is 1. The van der Waals surface area contributed by atoms with Gasteiger partial charge in [0, 0.05) is 18.9 Å². The third-order valence-electron chi connectivity index (χ3n) is 2.68. The number of aliphatic hydroxyl groups excluding tert-OH is 1. The first-order valence-electron chi connectivity index (χ1n) is 6.32. The van der Waals surface area contributed by atoms with Crippen molar-refractivity contribution in [1.29, 1.82) is 0 Å². The van der Waals surface area contributed by atoms with E-state index in [1.807, 2.05) is 30.3 Å². The number of ether oxygens (including phenoxy) is 1. The molecule has 2 aromatic rings. The topological polar surface area (TPSA) is 76.4 Å². The Morgan fingerprint density at radius 3 is 2.90 bits per heavy atom. The van der Waals surface area contributed by atoms with Crippen LogP contribution in [0.4, 0.5) is 4.79 Å². The normalized spacial score (nSPS) is 11.8. The predicted octanol–water partition coefficient (Wildman–Crippen LogP) is 1.17. The molecule has 2 N–H and O–H groups in total. The van der Waals surface area contributed by atoms with Crippen LogP contribution in [0.1, 0.15) is 5.56 Å². The Morgan fingerprint density at radius 2 is 2.20 bits per heavy atom. The molecule has 0 bridgehead atoms. The Kier molecular flexibility index (Phi) is 5.14. The SMILES string of the molecule is O=C(NCC(O)Cn1ccnc1)OCc1ccccc1. The van der Waals surface area contributed by atoms with Crippen LogP contribution in [0.5, 0.6) is 0 Å². The maximum atomic E-state index is 11.5. The molecule has 0 saturated carbocycles. The van der Waals surface area contributed by atoms with Gasteiger partial charge < -0.3 is 19.7 Å². The summed E-state index contributed by atoms with van der Waals surface area (Å²) in [6.07, 6.45) is 3.76. The zero-order valence-corrected chi connectivity index (χ0v) is 11.0. The van der Waals surface area contributed by atoms with E-state index in [1.165, 1.54) is 0 Å². The highest BCUT2D eigenvalue weighted by atomic mass is 16.5. The van der Waals surface area contributed by atoms with Crippen molar-refractivity contribution in [3.8, 4) is 0 Å². The fraction of sp³-hybridized carbons (Fsp3) is 0.286. The molecule has 6 nitrogen and oxygen atoms in total. The first-order chi connectivity index (χ1) is 9.74. The van der Waals surface area contributed by atoms with Gasteiger partial charge >= 0.3 is 6.09 Å². The van der Waals surface area contributed by atoms with Gasteiger partial charge in [-0.05, 0) is 5.56 Å². The average molecular weight is 275 g/mol. The zero-order valence-electron chi connectivity index (χ0n) is 11.0. The van der Waals surface area contributed by atoms with Crippen molar-refractivity contribution in [3.05, 3.63) is 54.6 Å². The molecule has 1 atom stereocenters. The smallest absolute Gasteiger partial charge is 0.407 e. The molecule has 0 saturated heterocycles. The van der Waals surface area contributed by atoms with Gasteiger partial charge in [-0.25, -0.2) is 9.78 Å². The largest absolute Gasteiger partial charge is 0.445 e. The average Bonchev–Trinajstić information content (AvgIpc) is 2.97. The number of nitrogens with one attached hydrogen (secondary N) is 1. The molecule has 0 radical (unpaired) electrons. The van der Waals surface area contributed by atoms with Crippen LogP contribution >= 0.6 is 0 Å². The quantitative estimate of drug-likeness (QED) is 0.829. The maximum absolute atomic E-state index is 11.5. The van der Waals surface area contributed by atoms with Gasteiger partial charge in [-0.3, -0.25) is 0 Å². The van der Waals surface area contributed by atoms with Gasteiger partial charge in [0.2, 0.25) is 0 Å². The van der Waals surface area contributed by atoms with E-state index >= 15 is 0 Å². The van der Waals surface area contributed by atoms with Gasteiger partial charge in [-0.15, -0.1) is 0 Å². The van der Waals surface area contributed by atoms with E-state index in [0.717, 1.165) is 5.56 Å². The number of aromatic nitrogens is 2. The van der Waals surface area contributed by atoms with Crippen LogP contribution in [0.25, 0.3) is 0 Å². The number of carbonyl (C=O) groups is 1. The summed E-state index contributed by atoms with van der Waals surface area (Å²) in [5.74, 6) is 0. The monoisotopic (exact) mass is 275 g/mol. The molecular weight excluding hydrogens is 258 g/mol. The first-order valence-corrected chi connectivity index (χ1v) is 6.32. The summed E-state index contributed by atoms with van der Waals surface area (Å²) >= 11 is 0. The van der Waals surface area contributed by atoms with E-state index in [2.05, 4.69) is 10.3 Å². The third kappa shape index (κ3) is 4.74. The second-order valence-corrected chi connectivity index (χ2v) is 4.36. The van der Waals surface area contributed by atoms with Crippen LogP contribution in [0, 0.1) is 0 Å². The molecular formula is C14H17N3O3. The van der Waals surface area contributed by atoms with Crippen molar-refractivity contribution in [1.82, 2.24) is 14.9 Å². The number of hydrogen-bond acceptors (Lipinski definition) is 4. The Balaban J connectivity index is 1.64. The summed E-state index contributed by atoms with van der Waals surface area (Å²) in [6, 6.07) is 9.41. The lowest BCUT2D eigenvalue weighted by Gasteiger charge is -2.12. The van der Waals surface area contributed by atoms with Crippen molar-refractivity contribution in [2.45, 2.75) is 19.3 Å². The first kappa shape index (κ1) is 14.1. The summed E-state index contributed by atoms with van der Waals surface area (Å²) < 4.78 is 6.77. The number of aliphatic hydroxyl groups is 1. The number of carbonyl (C=O) groups excluding carboxylic acids is 1. The van der Waals surface area contributed by atoms with Gasteiger partial charge in [0.15, 0.2) is 0 Å². The highest BCUT2D eigenvalue weighted by molar-refractivity contribution is 5.67. The molecule has 1 aromatic carbocycles. The molecule has 2 rings (SSSR count). The summed E-state index contributed by atoms with van der Waals surface area (Å²) in [4.78, 5) is 15.3. The van der Waals surface area contributed by atoms with Crippen LogP contribution in [0.15, 0.2) is 49.1 Å². The number of rotatable bonds is 6. The molecule has 106 valence electrons. The lowest BCUT2D eigenvalue weighted by molar-refractivity contribution is 0.120. The fourth-order valence-electron chi connectivity index (χ4n) is 1.68. The number of benzene rings is 1. The van der Waals surface area contributed by atoms with E-state index in [4.69, 9.17) is 4.74 Å². The minimum Gasteiger partial charge on any atom is -0.445 e. The van der Waals surface area contributed by atoms with Crippen LogP contribution in [0.3, 0.4) is 0 Å². The lowest BCUT2D eigenvalue weighted by Crippen LogP contribution is -2.34. The van der Waals surface area contributed by atoms with Gasteiger partial charge in [0.25, 0.3) is 0 Å². The second-order valence-electron chi connectivity index (χ2n) is 4.36. The van der Waals surface area contributed by atoms with Crippen molar-refractivity contribution in [2.75, 3.05) is 6.54 Å². The van der Waals surface area contributed by atoms with Crippen LogP contribution in [-0.2, 0) is 17.9 Å². The molecule has 1 amide bonds. The van der Waals surface area contributed by atoms with Crippen molar-refractivity contribution in [2.24, 2.45) is 0 Å². The van der Waals surface area contributed by atoms with Crippen molar-refractivity contribution < 1.29 is 14.6 Å². The van der Waals surface area contributed by atoms with E-state index < -0.39 is 12.2 Å². The molecule has 20 heavy (non-hydrogen) atoms. The maximum Gasteiger partial charge on any atom is 0.407 e. The number of hydrogen-bond donors (Lipinski definition) is 2. The van der Waals surface area contributed by atoms with Crippen LogP contribution in [-0.4, -0.2) is 33.4 Å². The Bertz CT molecular complexity index is 514. The molecule has 6 heteroatoms. The molecule has 0 spiro atoms. The second kappa shape index (κ2) is 7.30. The van der Waals surface area contributed by atoms with Crippen LogP contribution < -0.4 is 5.32 Å². The highest BCUT2D eigenvalue weighted by Gasteiger charge is 2.08. The van der Waals surface area contributed by atoms with Crippen molar-refractivity contribution >= 4 is 6.09 Å². The van der Waals surface area contributed by atoms with E-state index in [1.54, 1.807) is 23.3 Å². The Labute approximate surface area is 117 Å². The van der Waals surface area contributed by atoms with E-state index in [0.29, 0.717) is 6.54 Å². The molecule has 0 aliphatic rings. The third-order valence-corrected chi connectivity index (χ3v) is 2.68. The summed E-state index contributed by atoms with van der Waals surface area (Å²) in [6.45, 7) is 0.717. The minimum absolute atomic E-state index is 0.131. The molecule has 1 unspecified atom stereocenters. The number of amides is 1. The van der Waals surface area contributed by atoms with Crippen molar-refractivity contribution in [3.63, 3.8) is 0 Å². The number of imidazole rings is 1. The summed E-state index contributed by atoms with van der Waals surface area (Å²) in [5.41, 5.74) is 0.918. The van der Waals surface area contributed by atoms with Gasteiger partial charge in [0.1, 0.15) is 6.61 Å². The molecule has 1 aromatic heterocycles. The molecule has 0 fully saturated rings. The lowest BCUT2D eigenvalue weighted by atomic mass is 10.2. The molecule has 1 heterocycles. The predicted molar refractivity (Wildman–Crippen MR) is 72.9 cm³/mol. The van der Waals surface area contributed by atoms with E-state index in [-0.39, 0.29) is 13.2 Å². The number of nitrogens with zero attached hydrogens (tertiary/aromatic N) is 2. The summed E-state index contributed by atoms with van der Waals surface area (Å²) in [7, 11) is 0. The summed E-state index contributed by atoms with van der Waals surface area (Å²) in [5, 5.41) is 12.3. The Hall–Kier alpha value is -2.34. The Morgan fingerprint density at radius 1 is 1.40 bits per heavy atom. The van der Waals surface area contributed by atoms with Gasteiger partial charge in [-0.1, -0.05) is 30.3 Å². The highest BCUT2D eigenvalue weighted by Crippen LogP contribution is 2.00.